The summed E-state index contributed by atoms with van der Waals surface area (Å²) in [6, 6.07) is 12.9. The van der Waals surface area contributed by atoms with Crippen molar-refractivity contribution in [1.29, 1.82) is 0 Å². The van der Waals surface area contributed by atoms with Gasteiger partial charge in [-0.05, 0) is 40.2 Å². The zero-order valence-electron chi connectivity index (χ0n) is 16.0. The zero-order valence-corrected chi connectivity index (χ0v) is 18.4. The average molecular weight is 478 g/mol. The molecule has 10 heteroatoms. The van der Waals surface area contributed by atoms with Crippen LogP contribution in [0.15, 0.2) is 53.1 Å². The van der Waals surface area contributed by atoms with Gasteiger partial charge in [-0.25, -0.2) is 9.19 Å². The average Bonchev–Trinajstić information content (AvgIpc) is 2.71. The molecule has 3 N–H and O–H groups in total. The number of halogens is 1. The van der Waals surface area contributed by atoms with Gasteiger partial charge in [0.15, 0.2) is 11.5 Å². The van der Waals surface area contributed by atoms with Crippen molar-refractivity contribution in [1.82, 2.24) is 9.97 Å². The Bertz CT molecular complexity index is 1030. The van der Waals surface area contributed by atoms with Gasteiger partial charge in [0.1, 0.15) is 16.8 Å². The molecule has 0 fully saturated rings. The van der Waals surface area contributed by atoms with Gasteiger partial charge >= 0.3 is 0 Å². The largest absolute Gasteiger partial charge is 0.493 e. The van der Waals surface area contributed by atoms with Gasteiger partial charge in [0.25, 0.3) is 0 Å². The Morgan fingerprint density at radius 2 is 1.69 bits per heavy atom. The van der Waals surface area contributed by atoms with Crippen molar-refractivity contribution in [2.24, 2.45) is 0 Å². The Kier molecular flexibility index (Phi) is 6.89. The topological polar surface area (TPSA) is 97.4 Å². The first kappa shape index (κ1) is 20.9. The molecule has 0 aliphatic carbocycles. The summed E-state index contributed by atoms with van der Waals surface area (Å²) in [7, 11) is 1.95. The lowest BCUT2D eigenvalue weighted by atomic mass is 10.2. The van der Waals surface area contributed by atoms with E-state index in [0.29, 0.717) is 39.1 Å². The van der Waals surface area contributed by atoms with Crippen LogP contribution in [0.2, 0.25) is 0 Å². The maximum absolute atomic E-state index is 11.6. The number of aromatic nitrogens is 2. The first-order chi connectivity index (χ1) is 14.0. The second-order valence-corrected chi connectivity index (χ2v) is 7.75. The molecular weight excluding hydrogens is 458 g/mol. The Balaban J connectivity index is 1.90. The lowest BCUT2D eigenvalue weighted by molar-refractivity contribution is 0.356. The fourth-order valence-electron chi connectivity index (χ4n) is 2.58. The fraction of sp³-hybridized carbons (Fsp3) is 0.158. The van der Waals surface area contributed by atoms with Crippen molar-refractivity contribution in [3.8, 4) is 11.5 Å². The van der Waals surface area contributed by atoms with Gasteiger partial charge in [-0.3, -0.25) is 0 Å². The first-order valence-electron chi connectivity index (χ1n) is 8.48. The van der Waals surface area contributed by atoms with Crippen LogP contribution in [0.3, 0.4) is 0 Å². The zero-order chi connectivity index (χ0) is 20.8. The van der Waals surface area contributed by atoms with Crippen LogP contribution in [-0.4, -0.2) is 34.7 Å². The third-order valence-electron chi connectivity index (χ3n) is 3.83. The van der Waals surface area contributed by atoms with Crippen LogP contribution in [0.4, 0.5) is 28.8 Å². The summed E-state index contributed by atoms with van der Waals surface area (Å²) in [4.78, 5) is 8.84. The highest BCUT2D eigenvalue weighted by Crippen LogP contribution is 2.36. The number of nitrogens with zero attached hydrogens (tertiary/aromatic N) is 2. The van der Waals surface area contributed by atoms with E-state index >= 15 is 0 Å². The molecule has 152 valence electrons. The molecule has 0 spiro atoms. The molecule has 0 saturated heterocycles. The predicted molar refractivity (Wildman–Crippen MR) is 120 cm³/mol. The lowest BCUT2D eigenvalue weighted by Gasteiger charge is -2.15. The number of rotatable bonds is 8. The van der Waals surface area contributed by atoms with Crippen LogP contribution >= 0.6 is 15.9 Å². The van der Waals surface area contributed by atoms with E-state index in [2.05, 4.69) is 41.3 Å². The predicted octanol–water partition coefficient (Wildman–Crippen LogP) is 4.45. The lowest BCUT2D eigenvalue weighted by Crippen LogP contribution is -2.06. The smallest absolute Gasteiger partial charge is 0.229 e. The standard InChI is InChI=1S/C19H20BrN5O3S/c1-27-16-10-6-9-15(17(16)28-2)23-19-21-11-12(20)18(24-19)22-13-7-4-5-8-14(13)25-29(3)26/h4-11,25H,1-3H3,(H2,21,22,23,24). The Morgan fingerprint density at radius 3 is 2.38 bits per heavy atom. The van der Waals surface area contributed by atoms with Gasteiger partial charge in [0.2, 0.25) is 5.95 Å². The van der Waals surface area contributed by atoms with Crippen LogP contribution in [0, 0.1) is 0 Å². The third-order valence-corrected chi connectivity index (χ3v) is 4.92. The molecule has 0 saturated carbocycles. The summed E-state index contributed by atoms with van der Waals surface area (Å²) in [5.74, 6) is 2.06. The minimum absolute atomic E-state index is 0.367. The summed E-state index contributed by atoms with van der Waals surface area (Å²) < 4.78 is 25.9. The number of hydrogen-bond donors (Lipinski definition) is 3. The first-order valence-corrected chi connectivity index (χ1v) is 10.8. The number of methoxy groups -OCH3 is 2. The van der Waals surface area contributed by atoms with Gasteiger partial charge in [-0.2, -0.15) is 4.98 Å². The quantitative estimate of drug-likeness (QED) is 0.440. The summed E-state index contributed by atoms with van der Waals surface area (Å²) >= 11 is 3.46. The van der Waals surface area contributed by atoms with Gasteiger partial charge in [0.05, 0.1) is 35.8 Å². The van der Waals surface area contributed by atoms with E-state index in [1.807, 2.05) is 36.4 Å². The molecule has 2 aromatic carbocycles. The maximum atomic E-state index is 11.6. The number of para-hydroxylation sites is 3. The molecule has 1 unspecified atom stereocenters. The van der Waals surface area contributed by atoms with E-state index < -0.39 is 11.0 Å². The van der Waals surface area contributed by atoms with Crippen LogP contribution in [0.5, 0.6) is 11.5 Å². The van der Waals surface area contributed by atoms with Crippen LogP contribution in [-0.2, 0) is 11.0 Å². The highest BCUT2D eigenvalue weighted by atomic mass is 79.9. The van der Waals surface area contributed by atoms with Crippen molar-refractivity contribution in [3.05, 3.63) is 53.1 Å². The second kappa shape index (κ2) is 9.57. The van der Waals surface area contributed by atoms with Crippen molar-refractivity contribution in [3.63, 3.8) is 0 Å². The molecule has 29 heavy (non-hydrogen) atoms. The number of ether oxygens (including phenoxy) is 2. The van der Waals surface area contributed by atoms with E-state index in [1.54, 1.807) is 32.7 Å². The van der Waals surface area contributed by atoms with E-state index in [-0.39, 0.29) is 0 Å². The Hall–Kier alpha value is -2.85. The van der Waals surface area contributed by atoms with E-state index in [4.69, 9.17) is 9.47 Å². The normalized spacial score (nSPS) is 11.4. The molecule has 8 nitrogen and oxygen atoms in total. The van der Waals surface area contributed by atoms with E-state index in [1.165, 1.54) is 0 Å². The van der Waals surface area contributed by atoms with Gasteiger partial charge in [0, 0.05) is 12.5 Å². The second-order valence-electron chi connectivity index (χ2n) is 5.78. The monoisotopic (exact) mass is 477 g/mol. The van der Waals surface area contributed by atoms with Gasteiger partial charge in [-0.15, -0.1) is 0 Å². The summed E-state index contributed by atoms with van der Waals surface area (Å²) in [6.07, 6.45) is 3.21. The maximum Gasteiger partial charge on any atom is 0.229 e. The molecular formula is C19H20BrN5O3S. The van der Waals surface area contributed by atoms with Crippen LogP contribution in [0.25, 0.3) is 0 Å². The molecule has 3 rings (SSSR count). The Labute approximate surface area is 179 Å². The minimum atomic E-state index is -1.20. The molecule has 1 heterocycles. The van der Waals surface area contributed by atoms with Crippen molar-refractivity contribution in [2.45, 2.75) is 0 Å². The molecule has 3 aromatic rings. The highest BCUT2D eigenvalue weighted by molar-refractivity contribution is 9.10. The summed E-state index contributed by atoms with van der Waals surface area (Å²) in [5.41, 5.74) is 2.10. The number of benzene rings is 2. The number of hydrogen-bond acceptors (Lipinski definition) is 7. The van der Waals surface area contributed by atoms with Crippen molar-refractivity contribution in [2.75, 3.05) is 35.8 Å². The molecule has 0 aliphatic rings. The van der Waals surface area contributed by atoms with E-state index in [9.17, 15) is 4.21 Å². The van der Waals surface area contributed by atoms with Crippen molar-refractivity contribution >= 4 is 55.7 Å². The van der Waals surface area contributed by atoms with Crippen LogP contribution < -0.4 is 24.8 Å². The third kappa shape index (κ3) is 5.15. The van der Waals surface area contributed by atoms with Crippen molar-refractivity contribution < 1.29 is 13.7 Å². The van der Waals surface area contributed by atoms with Crippen LogP contribution in [0.1, 0.15) is 0 Å². The molecule has 0 bridgehead atoms. The SMILES string of the molecule is COc1cccc(Nc2ncc(Br)c(Nc3ccccc3NS(C)=O)n2)c1OC. The fourth-order valence-corrected chi connectivity index (χ4v) is 3.36. The van der Waals surface area contributed by atoms with Gasteiger partial charge < -0.3 is 24.8 Å². The highest BCUT2D eigenvalue weighted by Gasteiger charge is 2.13. The number of anilines is 5. The summed E-state index contributed by atoms with van der Waals surface area (Å²) in [6.45, 7) is 0. The Morgan fingerprint density at radius 1 is 0.966 bits per heavy atom. The summed E-state index contributed by atoms with van der Waals surface area (Å²) in [5, 5.41) is 6.38. The molecule has 0 radical (unpaired) electrons. The van der Waals surface area contributed by atoms with E-state index in [0.717, 1.165) is 5.69 Å². The molecule has 0 aliphatic heterocycles. The number of nitrogens with one attached hydrogen (secondary N) is 3. The molecule has 1 atom stereocenters. The minimum Gasteiger partial charge on any atom is -0.493 e. The molecule has 1 aromatic heterocycles. The molecule has 0 amide bonds. The van der Waals surface area contributed by atoms with Gasteiger partial charge in [-0.1, -0.05) is 18.2 Å².